The van der Waals surface area contributed by atoms with Gasteiger partial charge in [0.05, 0.1) is 16.8 Å². The highest BCUT2D eigenvalue weighted by molar-refractivity contribution is 6.15. The van der Waals surface area contributed by atoms with Gasteiger partial charge in [0.25, 0.3) is 0 Å². The van der Waals surface area contributed by atoms with Crippen molar-refractivity contribution in [3.8, 4) is 33.4 Å². The summed E-state index contributed by atoms with van der Waals surface area (Å²) in [6, 6.07) is 81.3. The molecule has 60 heavy (non-hydrogen) atoms. The molecular weight excluding hydrogens is 727 g/mol. The van der Waals surface area contributed by atoms with Crippen molar-refractivity contribution in [3.05, 3.63) is 224 Å². The average Bonchev–Trinajstić information content (AvgIpc) is 3.71. The van der Waals surface area contributed by atoms with Crippen molar-refractivity contribution in [2.75, 3.05) is 4.90 Å². The lowest BCUT2D eigenvalue weighted by Gasteiger charge is -2.29. The summed E-state index contributed by atoms with van der Waals surface area (Å²) >= 11 is 0. The number of hydrogen-bond donors (Lipinski definition) is 0. The lowest BCUT2D eigenvalue weighted by molar-refractivity contribution is 0.669. The van der Waals surface area contributed by atoms with Crippen LogP contribution in [0, 0.1) is 0 Å². The Balaban J connectivity index is 1.03. The van der Waals surface area contributed by atoms with E-state index >= 15 is 0 Å². The Morgan fingerprint density at radius 1 is 0.283 bits per heavy atom. The summed E-state index contributed by atoms with van der Waals surface area (Å²) in [5.41, 5.74) is 12.0. The van der Waals surface area contributed by atoms with Gasteiger partial charge in [-0.2, -0.15) is 0 Å². The monoisotopic (exact) mass is 763 g/mol. The Kier molecular flexibility index (Phi) is 7.89. The molecule has 12 rings (SSSR count). The highest BCUT2D eigenvalue weighted by Gasteiger charge is 2.22. The molecule has 1 heterocycles. The molecule has 11 aromatic carbocycles. The zero-order valence-corrected chi connectivity index (χ0v) is 32.7. The predicted molar refractivity (Wildman–Crippen MR) is 255 cm³/mol. The van der Waals surface area contributed by atoms with Crippen LogP contribution < -0.4 is 4.90 Å². The van der Waals surface area contributed by atoms with E-state index in [0.29, 0.717) is 0 Å². The van der Waals surface area contributed by atoms with Gasteiger partial charge < -0.3 is 9.32 Å². The van der Waals surface area contributed by atoms with E-state index in [4.69, 9.17) is 4.42 Å². The molecule has 0 saturated heterocycles. The molecule has 0 bridgehead atoms. The Morgan fingerprint density at radius 2 is 0.850 bits per heavy atom. The first-order chi connectivity index (χ1) is 29.7. The van der Waals surface area contributed by atoms with Crippen molar-refractivity contribution in [3.63, 3.8) is 0 Å². The zero-order chi connectivity index (χ0) is 39.6. The van der Waals surface area contributed by atoms with Crippen molar-refractivity contribution < 1.29 is 4.42 Å². The highest BCUT2D eigenvalue weighted by atomic mass is 16.3. The molecule has 0 unspecified atom stereocenters. The number of benzene rings is 11. The highest BCUT2D eigenvalue weighted by Crippen LogP contribution is 2.47. The lowest BCUT2D eigenvalue weighted by atomic mass is 9.94. The molecule has 0 aliphatic carbocycles. The molecule has 0 N–H and O–H groups in total. The molecule has 12 aromatic rings. The molecule has 0 spiro atoms. The lowest BCUT2D eigenvalue weighted by Crippen LogP contribution is -2.11. The molecule has 0 aliphatic rings. The maximum Gasteiger partial charge on any atom is 0.137 e. The summed E-state index contributed by atoms with van der Waals surface area (Å²) in [4.78, 5) is 2.42. The van der Waals surface area contributed by atoms with Gasteiger partial charge in [-0.05, 0) is 113 Å². The third-order valence-electron chi connectivity index (χ3n) is 12.2. The normalized spacial score (nSPS) is 11.7. The molecule has 2 heteroatoms. The standard InChI is InChI=1S/C58H37NO/c1-3-16-46-40(13-1)34-35-51-48(20-10-21-50(46)51)44-14-9-15-45(36-44)59(55-23-11-25-57-58(55)52-19-6-8-24-56(52)60-57)54-22-7-5-18-49(54)41-28-26-38(27-29-41)43-33-32-42-31-30-39-12-2-4-17-47(39)53(42)37-43/h1-37H. The third kappa shape index (κ3) is 5.57. The van der Waals surface area contributed by atoms with Crippen molar-refractivity contribution in [2.24, 2.45) is 0 Å². The third-order valence-corrected chi connectivity index (χ3v) is 12.2. The topological polar surface area (TPSA) is 16.4 Å². The molecule has 0 atom stereocenters. The number of furan rings is 1. The Hall–Kier alpha value is -7.94. The minimum atomic E-state index is 0.862. The van der Waals surface area contributed by atoms with Crippen LogP contribution in [-0.2, 0) is 0 Å². The quantitative estimate of drug-likeness (QED) is 0.157. The van der Waals surface area contributed by atoms with Gasteiger partial charge in [-0.25, -0.2) is 0 Å². The zero-order valence-electron chi connectivity index (χ0n) is 32.7. The Labute approximate surface area is 347 Å². The van der Waals surface area contributed by atoms with Crippen LogP contribution >= 0.6 is 0 Å². The molecule has 1 aromatic heterocycles. The first-order valence-corrected chi connectivity index (χ1v) is 20.6. The van der Waals surface area contributed by atoms with E-state index in [-0.39, 0.29) is 0 Å². The van der Waals surface area contributed by atoms with Crippen LogP contribution in [0.2, 0.25) is 0 Å². The fourth-order valence-corrected chi connectivity index (χ4v) is 9.39. The van der Waals surface area contributed by atoms with Crippen molar-refractivity contribution >= 4 is 82.1 Å². The van der Waals surface area contributed by atoms with Crippen molar-refractivity contribution in [1.82, 2.24) is 0 Å². The van der Waals surface area contributed by atoms with Crippen LogP contribution in [0.3, 0.4) is 0 Å². The molecule has 0 radical (unpaired) electrons. The van der Waals surface area contributed by atoms with E-state index in [9.17, 15) is 0 Å². The molecular formula is C58H37NO. The summed E-state index contributed by atoms with van der Waals surface area (Å²) < 4.78 is 6.49. The second kappa shape index (κ2) is 13.9. The Bertz CT molecular complexity index is 3610. The number of para-hydroxylation sites is 2. The van der Waals surface area contributed by atoms with Crippen molar-refractivity contribution in [2.45, 2.75) is 0 Å². The van der Waals surface area contributed by atoms with Crippen LogP contribution in [0.1, 0.15) is 0 Å². The van der Waals surface area contributed by atoms with Crippen LogP contribution in [0.5, 0.6) is 0 Å². The summed E-state index contributed by atoms with van der Waals surface area (Å²) in [5, 5.41) is 12.3. The smallest absolute Gasteiger partial charge is 0.137 e. The van der Waals surface area contributed by atoms with Gasteiger partial charge in [0, 0.05) is 16.6 Å². The summed E-state index contributed by atoms with van der Waals surface area (Å²) in [7, 11) is 0. The predicted octanol–water partition coefficient (Wildman–Crippen LogP) is 16.7. The largest absolute Gasteiger partial charge is 0.456 e. The SMILES string of the molecule is c1cc(-c2cccc3c2ccc2ccccc23)cc(N(c2ccccc2-c2ccc(-c3ccc4ccc5ccccc5c4c3)cc2)c2cccc3oc4ccccc4c23)c1. The molecule has 280 valence electrons. The van der Waals surface area contributed by atoms with E-state index in [2.05, 4.69) is 223 Å². The molecule has 0 aliphatic heterocycles. The van der Waals surface area contributed by atoms with Crippen LogP contribution in [-0.4, -0.2) is 0 Å². The molecule has 2 nitrogen and oxygen atoms in total. The maximum absolute atomic E-state index is 6.49. The summed E-state index contributed by atoms with van der Waals surface area (Å²) in [6.07, 6.45) is 0. The van der Waals surface area contributed by atoms with Crippen LogP contribution in [0.25, 0.3) is 98.4 Å². The van der Waals surface area contributed by atoms with E-state index in [1.54, 1.807) is 0 Å². The average molecular weight is 764 g/mol. The van der Waals surface area contributed by atoms with Gasteiger partial charge in [0.2, 0.25) is 0 Å². The van der Waals surface area contributed by atoms with Crippen LogP contribution in [0.15, 0.2) is 229 Å². The van der Waals surface area contributed by atoms with Gasteiger partial charge >= 0.3 is 0 Å². The van der Waals surface area contributed by atoms with E-state index in [1.807, 2.05) is 6.07 Å². The first kappa shape index (κ1) is 34.1. The molecule has 0 saturated carbocycles. The second-order valence-electron chi connectivity index (χ2n) is 15.6. The number of hydrogen-bond acceptors (Lipinski definition) is 2. The summed E-state index contributed by atoms with van der Waals surface area (Å²) in [5.74, 6) is 0. The number of anilines is 3. The van der Waals surface area contributed by atoms with Crippen LogP contribution in [0.4, 0.5) is 17.1 Å². The maximum atomic E-state index is 6.49. The molecule has 0 fully saturated rings. The van der Waals surface area contributed by atoms with Gasteiger partial charge in [-0.3, -0.25) is 0 Å². The number of nitrogens with zero attached hydrogens (tertiary/aromatic N) is 1. The van der Waals surface area contributed by atoms with E-state index < -0.39 is 0 Å². The Morgan fingerprint density at radius 3 is 1.70 bits per heavy atom. The van der Waals surface area contributed by atoms with E-state index in [0.717, 1.165) is 55.7 Å². The second-order valence-corrected chi connectivity index (χ2v) is 15.6. The molecule has 0 amide bonds. The number of fused-ring (bicyclic) bond motifs is 9. The minimum Gasteiger partial charge on any atom is -0.456 e. The number of rotatable bonds is 6. The van der Waals surface area contributed by atoms with Gasteiger partial charge in [-0.1, -0.05) is 182 Å². The van der Waals surface area contributed by atoms with E-state index in [1.165, 1.54) is 59.8 Å². The van der Waals surface area contributed by atoms with Gasteiger partial charge in [0.1, 0.15) is 11.2 Å². The fourth-order valence-electron chi connectivity index (χ4n) is 9.39. The fraction of sp³-hybridized carbons (Fsp3) is 0. The van der Waals surface area contributed by atoms with Gasteiger partial charge in [0.15, 0.2) is 0 Å². The first-order valence-electron chi connectivity index (χ1n) is 20.6. The minimum absolute atomic E-state index is 0.862. The summed E-state index contributed by atoms with van der Waals surface area (Å²) in [6.45, 7) is 0. The van der Waals surface area contributed by atoms with Crippen molar-refractivity contribution in [1.29, 1.82) is 0 Å². The van der Waals surface area contributed by atoms with Gasteiger partial charge in [-0.15, -0.1) is 0 Å².